The fourth-order valence-electron chi connectivity index (χ4n) is 6.65. The summed E-state index contributed by atoms with van der Waals surface area (Å²) in [6.45, 7) is 15.0. The van der Waals surface area contributed by atoms with E-state index >= 15 is 0 Å². The van der Waals surface area contributed by atoms with Gasteiger partial charge in [-0.05, 0) is 172 Å². The maximum Gasteiger partial charge on any atom is 0.357 e. The van der Waals surface area contributed by atoms with E-state index in [1.807, 2.05) is 82.3 Å². The SMILES string of the molecule is CC(=O)Oc1c(C)cc([S+](C)C)cc1C.CC(=O)Oc1c(C)cc([S+]2CCCC2)cc1C.CC(=O)Oc1ccc([I+]c2ccc(OC(C)=O)cc2)cc1.CC(=O)Oc1ccc([I+]c2ccccc2)cc1. The van der Waals surface area contributed by atoms with Crippen LogP contribution in [0.3, 0.4) is 0 Å². The molecule has 1 heterocycles. The second-order valence-electron chi connectivity index (χ2n) is 16.0. The minimum absolute atomic E-state index is 0.146. The first kappa shape index (κ1) is 57.4. The van der Waals surface area contributed by atoms with Crippen LogP contribution < -0.4 is 66.1 Å². The van der Waals surface area contributed by atoms with Crippen molar-refractivity contribution in [2.24, 2.45) is 0 Å². The van der Waals surface area contributed by atoms with Crippen LogP contribution in [0, 0.1) is 42.0 Å². The topological polar surface area (TPSA) is 132 Å². The van der Waals surface area contributed by atoms with Crippen LogP contribution in [0.15, 0.2) is 137 Å². The molecule has 0 aromatic heterocycles. The number of carbonyl (C=O) groups excluding carboxylic acids is 5. The van der Waals surface area contributed by atoms with E-state index in [-0.39, 0.29) is 83.2 Å². The molecule has 0 saturated carbocycles. The van der Waals surface area contributed by atoms with E-state index in [1.54, 1.807) is 24.3 Å². The molecule has 0 radical (unpaired) electrons. The molecule has 0 N–H and O–H groups in total. The molecular formula is C56H62I2O10S2+4. The Morgan fingerprint density at radius 3 is 1.03 bits per heavy atom. The number of carbonyl (C=O) groups is 5. The second kappa shape index (κ2) is 29.2. The van der Waals surface area contributed by atoms with Gasteiger partial charge in [-0.1, -0.05) is 18.2 Å². The third-order valence-corrected chi connectivity index (χ3v) is 18.6. The Labute approximate surface area is 439 Å². The maximum atomic E-state index is 11.0. The molecule has 1 aliphatic rings. The van der Waals surface area contributed by atoms with Gasteiger partial charge >= 0.3 is 72.3 Å². The van der Waals surface area contributed by atoms with Gasteiger partial charge in [-0.2, -0.15) is 0 Å². The van der Waals surface area contributed by atoms with E-state index in [0.29, 0.717) is 33.9 Å². The molecule has 0 bridgehead atoms. The summed E-state index contributed by atoms with van der Waals surface area (Å²) in [5.41, 5.74) is 4.21. The van der Waals surface area contributed by atoms with Crippen LogP contribution in [-0.2, 0) is 45.8 Å². The molecule has 1 fully saturated rings. The standard InChI is InChI=1S/C16H14IO4.C14H12IO2.C14H19O2S.C12H17O2S/c1-11(18)20-15-7-3-13(4-8-15)17-14-5-9-16(10-6-14)21-12(2)19;1-11(16)17-14-9-7-13(8-10-14)15-12-5-3-2-4-6-12;1-10-8-13(17-6-4-5-7-17)9-11(2)14(10)16-12(3)15;1-8-6-11(15(4)5)7-9(2)12(8)14-10(3)13/h3-10H,1-2H3;2-10H,1H3;8-9H,4-7H2,1-3H3;6-7H,1-5H3/q4*+1. The van der Waals surface area contributed by atoms with E-state index in [0.717, 1.165) is 28.0 Å². The highest BCUT2D eigenvalue weighted by molar-refractivity contribution is 7.97. The molecule has 10 nitrogen and oxygen atoms in total. The number of rotatable bonds is 11. The predicted octanol–water partition coefficient (Wildman–Crippen LogP) is 4.87. The lowest BCUT2D eigenvalue weighted by atomic mass is 10.1. The first-order valence-electron chi connectivity index (χ1n) is 22.3. The first-order valence-corrected chi connectivity index (χ1v) is 30.2. The van der Waals surface area contributed by atoms with E-state index in [2.05, 4.69) is 61.0 Å². The summed E-state index contributed by atoms with van der Waals surface area (Å²) in [5.74, 6) is 4.39. The van der Waals surface area contributed by atoms with E-state index in [1.165, 1.54) is 83.0 Å². The monoisotopic (exact) mass is 1210 g/mol. The van der Waals surface area contributed by atoms with Crippen LogP contribution >= 0.6 is 0 Å². The number of hydrogen-bond donors (Lipinski definition) is 0. The molecule has 0 atom stereocenters. The van der Waals surface area contributed by atoms with Crippen molar-refractivity contribution in [3.05, 3.63) is 164 Å². The number of ether oxygens (including phenoxy) is 5. The summed E-state index contributed by atoms with van der Waals surface area (Å²) in [6.07, 6.45) is 7.07. The summed E-state index contributed by atoms with van der Waals surface area (Å²) in [4.78, 5) is 57.2. The van der Waals surface area contributed by atoms with Crippen molar-refractivity contribution in [2.75, 3.05) is 24.0 Å². The fourth-order valence-corrected chi connectivity index (χ4v) is 14.3. The highest BCUT2D eigenvalue weighted by atomic mass is 127. The molecule has 6 aromatic rings. The summed E-state index contributed by atoms with van der Waals surface area (Å²) >= 11 is -0.466. The van der Waals surface area contributed by atoms with Gasteiger partial charge in [0.05, 0.1) is 0 Å². The van der Waals surface area contributed by atoms with Crippen LogP contribution in [-0.4, -0.2) is 53.9 Å². The Morgan fingerprint density at radius 1 is 0.429 bits per heavy atom. The summed E-state index contributed by atoms with van der Waals surface area (Å²) < 4.78 is 30.5. The van der Waals surface area contributed by atoms with Gasteiger partial charge in [-0.15, -0.1) is 0 Å². The average molecular weight is 1210 g/mol. The zero-order valence-corrected chi connectivity index (χ0v) is 47.6. The lowest BCUT2D eigenvalue weighted by Gasteiger charge is -2.10. The zero-order chi connectivity index (χ0) is 51.3. The van der Waals surface area contributed by atoms with Crippen LogP contribution in [0.4, 0.5) is 0 Å². The van der Waals surface area contributed by atoms with Gasteiger partial charge in [0.25, 0.3) is 0 Å². The highest BCUT2D eigenvalue weighted by Gasteiger charge is 2.28. The summed E-state index contributed by atoms with van der Waals surface area (Å²) in [5, 5.41) is 0. The number of esters is 5. The van der Waals surface area contributed by atoms with Crippen molar-refractivity contribution >= 4 is 51.6 Å². The van der Waals surface area contributed by atoms with Gasteiger partial charge in [-0.25, -0.2) is 0 Å². The van der Waals surface area contributed by atoms with Crippen molar-refractivity contribution in [1.29, 1.82) is 0 Å². The average Bonchev–Trinajstić information content (AvgIpc) is 3.84. The Balaban J connectivity index is 0.000000205. The van der Waals surface area contributed by atoms with Gasteiger partial charge in [0.15, 0.2) is 24.1 Å². The van der Waals surface area contributed by atoms with Gasteiger partial charge in [0.1, 0.15) is 52.8 Å². The maximum absolute atomic E-state index is 11.0. The van der Waals surface area contributed by atoms with Gasteiger partial charge in [0, 0.05) is 56.4 Å². The van der Waals surface area contributed by atoms with Crippen molar-refractivity contribution in [3.8, 4) is 28.7 Å². The lowest BCUT2D eigenvalue weighted by Crippen LogP contribution is -3.61. The third-order valence-electron chi connectivity index (χ3n) is 9.59. The molecular weight excluding hydrogens is 1150 g/mol. The summed E-state index contributed by atoms with van der Waals surface area (Å²) in [7, 11) is 0.666. The van der Waals surface area contributed by atoms with Crippen LogP contribution in [0.2, 0.25) is 0 Å². The van der Waals surface area contributed by atoms with Crippen molar-refractivity contribution in [3.63, 3.8) is 0 Å². The fraction of sp³-hybridized carbons (Fsp3) is 0.268. The van der Waals surface area contributed by atoms with E-state index < -0.39 is 0 Å². The van der Waals surface area contributed by atoms with Gasteiger partial charge in [-0.3, -0.25) is 24.0 Å². The van der Waals surface area contributed by atoms with Crippen molar-refractivity contribution < 1.29 is 90.1 Å². The largest absolute Gasteiger partial charge is 0.427 e. The Hall–Kier alpha value is -5.17. The van der Waals surface area contributed by atoms with E-state index in [4.69, 9.17) is 23.7 Å². The lowest BCUT2D eigenvalue weighted by molar-refractivity contribution is -0.597. The van der Waals surface area contributed by atoms with Crippen LogP contribution in [0.5, 0.6) is 28.7 Å². The zero-order valence-electron chi connectivity index (χ0n) is 41.6. The molecule has 368 valence electrons. The molecule has 1 saturated heterocycles. The number of hydrogen-bond acceptors (Lipinski definition) is 10. The minimum atomic E-state index is -0.321. The number of aryl methyl sites for hydroxylation is 4. The predicted molar refractivity (Wildman–Crippen MR) is 271 cm³/mol. The molecule has 0 spiro atoms. The van der Waals surface area contributed by atoms with Gasteiger partial charge in [0.2, 0.25) is 0 Å². The second-order valence-corrected chi connectivity index (χ2v) is 26.5. The smallest absolute Gasteiger partial charge is 0.357 e. The third kappa shape index (κ3) is 20.7. The Kier molecular flexibility index (Phi) is 24.0. The molecule has 0 aliphatic carbocycles. The molecule has 0 amide bonds. The van der Waals surface area contributed by atoms with Crippen LogP contribution in [0.25, 0.3) is 0 Å². The van der Waals surface area contributed by atoms with Gasteiger partial charge < -0.3 is 23.7 Å². The molecule has 0 unspecified atom stereocenters. The molecule has 14 heteroatoms. The quantitative estimate of drug-likeness (QED) is 0.0767. The number of halogens is 2. The Bertz CT molecular complexity index is 2580. The molecule has 7 rings (SSSR count). The molecule has 6 aromatic carbocycles. The normalized spacial score (nSPS) is 11.6. The molecule has 70 heavy (non-hydrogen) atoms. The Morgan fingerprint density at radius 2 is 0.729 bits per heavy atom. The van der Waals surface area contributed by atoms with Crippen LogP contribution in [0.1, 0.15) is 69.7 Å². The van der Waals surface area contributed by atoms with E-state index in [9.17, 15) is 24.0 Å². The molecule has 1 aliphatic heterocycles. The van der Waals surface area contributed by atoms with Crippen molar-refractivity contribution in [2.45, 2.75) is 84.9 Å². The van der Waals surface area contributed by atoms with Crippen molar-refractivity contribution in [1.82, 2.24) is 0 Å². The first-order chi connectivity index (χ1) is 33.3. The highest BCUT2D eigenvalue weighted by Crippen LogP contribution is 2.31. The summed E-state index contributed by atoms with van der Waals surface area (Å²) in [6, 6.07) is 41.8. The number of benzene rings is 6. The minimum Gasteiger partial charge on any atom is -0.427 e.